The molecule has 0 atom stereocenters. The van der Waals surface area contributed by atoms with Crippen LogP contribution in [0.25, 0.3) is 0 Å². The molecule has 5 heteroatoms. The molecule has 0 saturated heterocycles. The SMILES string of the molecule is Fc1cccc(COc2ccc(CNCc3ccc(OCc4cccc(F)c4)cc3)cc2)c1. The molecule has 0 fully saturated rings. The molecule has 4 aromatic rings. The van der Waals surface area contributed by atoms with Crippen molar-refractivity contribution in [3.8, 4) is 11.5 Å². The second-order valence-corrected chi connectivity index (χ2v) is 7.73. The molecule has 4 rings (SSSR count). The van der Waals surface area contributed by atoms with Gasteiger partial charge in [-0.05, 0) is 70.8 Å². The zero-order valence-electron chi connectivity index (χ0n) is 18.1. The third-order valence-corrected chi connectivity index (χ3v) is 5.09. The van der Waals surface area contributed by atoms with Gasteiger partial charge in [-0.25, -0.2) is 8.78 Å². The van der Waals surface area contributed by atoms with Crippen LogP contribution in [-0.2, 0) is 26.3 Å². The van der Waals surface area contributed by atoms with Gasteiger partial charge in [-0.1, -0.05) is 48.5 Å². The molecular formula is C28H25F2NO2. The van der Waals surface area contributed by atoms with Crippen LogP contribution in [0.3, 0.4) is 0 Å². The molecule has 33 heavy (non-hydrogen) atoms. The minimum atomic E-state index is -0.261. The van der Waals surface area contributed by atoms with Gasteiger partial charge in [0.1, 0.15) is 36.3 Å². The minimum Gasteiger partial charge on any atom is -0.489 e. The van der Waals surface area contributed by atoms with Crippen molar-refractivity contribution < 1.29 is 18.3 Å². The first-order valence-corrected chi connectivity index (χ1v) is 10.8. The number of hydrogen-bond donors (Lipinski definition) is 1. The molecule has 3 nitrogen and oxygen atoms in total. The number of rotatable bonds is 10. The maximum Gasteiger partial charge on any atom is 0.123 e. The van der Waals surface area contributed by atoms with Crippen LogP contribution in [0.1, 0.15) is 22.3 Å². The standard InChI is InChI=1S/C28H25F2NO2/c29-25-5-1-3-23(15-25)19-32-27-11-7-21(8-12-27)17-31-18-22-9-13-28(14-10-22)33-20-24-4-2-6-26(30)16-24/h1-16,31H,17-20H2. The molecule has 0 saturated carbocycles. The van der Waals surface area contributed by atoms with E-state index in [0.717, 1.165) is 46.8 Å². The van der Waals surface area contributed by atoms with E-state index in [0.29, 0.717) is 13.2 Å². The first-order valence-electron chi connectivity index (χ1n) is 10.8. The topological polar surface area (TPSA) is 30.5 Å². The second kappa shape index (κ2) is 11.2. The summed E-state index contributed by atoms with van der Waals surface area (Å²) in [6.45, 7) is 2.11. The van der Waals surface area contributed by atoms with Crippen molar-refractivity contribution in [3.63, 3.8) is 0 Å². The Labute approximate surface area is 192 Å². The number of nitrogens with one attached hydrogen (secondary N) is 1. The lowest BCUT2D eigenvalue weighted by molar-refractivity contribution is 0.305. The van der Waals surface area contributed by atoms with Crippen LogP contribution < -0.4 is 14.8 Å². The molecule has 0 aliphatic rings. The van der Waals surface area contributed by atoms with E-state index in [9.17, 15) is 8.78 Å². The highest BCUT2D eigenvalue weighted by molar-refractivity contribution is 5.29. The normalized spacial score (nSPS) is 10.7. The van der Waals surface area contributed by atoms with E-state index in [4.69, 9.17) is 9.47 Å². The third kappa shape index (κ3) is 7.16. The van der Waals surface area contributed by atoms with Crippen molar-refractivity contribution in [1.82, 2.24) is 5.32 Å². The Morgan fingerprint density at radius 1 is 0.515 bits per heavy atom. The van der Waals surface area contributed by atoms with E-state index >= 15 is 0 Å². The molecule has 0 aliphatic carbocycles. The summed E-state index contributed by atoms with van der Waals surface area (Å²) in [7, 11) is 0. The fraction of sp³-hybridized carbons (Fsp3) is 0.143. The Bertz CT molecular complexity index is 1070. The maximum atomic E-state index is 13.2. The Hall–Kier alpha value is -3.70. The number of benzene rings is 4. The molecule has 168 valence electrons. The zero-order chi connectivity index (χ0) is 22.9. The monoisotopic (exact) mass is 445 g/mol. The van der Waals surface area contributed by atoms with Gasteiger partial charge in [-0.2, -0.15) is 0 Å². The van der Waals surface area contributed by atoms with Crippen LogP contribution >= 0.6 is 0 Å². The predicted molar refractivity (Wildman–Crippen MR) is 125 cm³/mol. The smallest absolute Gasteiger partial charge is 0.123 e. The van der Waals surface area contributed by atoms with Crippen molar-refractivity contribution in [2.45, 2.75) is 26.3 Å². The van der Waals surface area contributed by atoms with E-state index in [2.05, 4.69) is 5.32 Å². The molecule has 0 aliphatic heterocycles. The summed E-state index contributed by atoms with van der Waals surface area (Å²) >= 11 is 0. The first-order chi connectivity index (χ1) is 16.1. The van der Waals surface area contributed by atoms with Crippen LogP contribution in [0.5, 0.6) is 11.5 Å². The van der Waals surface area contributed by atoms with Crippen LogP contribution in [-0.4, -0.2) is 0 Å². The maximum absolute atomic E-state index is 13.2. The fourth-order valence-electron chi connectivity index (χ4n) is 3.35. The summed E-state index contributed by atoms with van der Waals surface area (Å²) < 4.78 is 37.9. The lowest BCUT2D eigenvalue weighted by Gasteiger charge is -2.10. The third-order valence-electron chi connectivity index (χ3n) is 5.09. The van der Waals surface area contributed by atoms with Crippen LogP contribution in [0.15, 0.2) is 97.1 Å². The molecule has 0 amide bonds. The molecule has 0 bridgehead atoms. The molecule has 0 aromatic heterocycles. The van der Waals surface area contributed by atoms with Gasteiger partial charge >= 0.3 is 0 Å². The highest BCUT2D eigenvalue weighted by Crippen LogP contribution is 2.16. The number of ether oxygens (including phenoxy) is 2. The number of hydrogen-bond acceptors (Lipinski definition) is 3. The molecule has 0 heterocycles. The lowest BCUT2D eigenvalue weighted by atomic mass is 10.2. The molecular weight excluding hydrogens is 420 g/mol. The average Bonchev–Trinajstić information content (AvgIpc) is 2.83. The van der Waals surface area contributed by atoms with Crippen molar-refractivity contribution in [1.29, 1.82) is 0 Å². The molecule has 0 spiro atoms. The molecule has 0 radical (unpaired) electrons. The summed E-state index contributed by atoms with van der Waals surface area (Å²) in [5, 5.41) is 3.42. The van der Waals surface area contributed by atoms with Crippen LogP contribution in [0, 0.1) is 11.6 Å². The van der Waals surface area contributed by atoms with Gasteiger partial charge in [0, 0.05) is 13.1 Å². The molecule has 1 N–H and O–H groups in total. The van der Waals surface area contributed by atoms with Crippen LogP contribution in [0.2, 0.25) is 0 Å². The lowest BCUT2D eigenvalue weighted by Crippen LogP contribution is -2.12. The highest BCUT2D eigenvalue weighted by atomic mass is 19.1. The first kappa shape index (κ1) is 22.5. The quantitative estimate of drug-likeness (QED) is 0.306. The van der Waals surface area contributed by atoms with E-state index in [1.54, 1.807) is 12.1 Å². The van der Waals surface area contributed by atoms with Crippen molar-refractivity contribution in [2.75, 3.05) is 0 Å². The zero-order valence-corrected chi connectivity index (χ0v) is 18.1. The Morgan fingerprint density at radius 2 is 0.939 bits per heavy atom. The second-order valence-electron chi connectivity index (χ2n) is 7.73. The predicted octanol–water partition coefficient (Wildman–Crippen LogP) is 6.41. The van der Waals surface area contributed by atoms with Gasteiger partial charge in [0.15, 0.2) is 0 Å². The van der Waals surface area contributed by atoms with Crippen molar-refractivity contribution >= 4 is 0 Å². The average molecular weight is 446 g/mol. The van der Waals surface area contributed by atoms with E-state index in [1.807, 2.05) is 60.7 Å². The Balaban J connectivity index is 1.19. The van der Waals surface area contributed by atoms with Gasteiger partial charge in [-0.3, -0.25) is 0 Å². The summed E-state index contributed by atoms with van der Waals surface area (Å²) in [5.41, 5.74) is 3.88. The van der Waals surface area contributed by atoms with E-state index in [1.165, 1.54) is 24.3 Å². The largest absolute Gasteiger partial charge is 0.489 e. The van der Waals surface area contributed by atoms with Gasteiger partial charge in [0.25, 0.3) is 0 Å². The Kier molecular flexibility index (Phi) is 7.67. The van der Waals surface area contributed by atoms with Gasteiger partial charge < -0.3 is 14.8 Å². The van der Waals surface area contributed by atoms with Crippen LogP contribution in [0.4, 0.5) is 8.78 Å². The molecule has 4 aromatic carbocycles. The summed E-state index contributed by atoms with van der Waals surface area (Å²) in [6, 6.07) is 28.5. The summed E-state index contributed by atoms with van der Waals surface area (Å²) in [4.78, 5) is 0. The fourth-order valence-corrected chi connectivity index (χ4v) is 3.35. The van der Waals surface area contributed by atoms with E-state index in [-0.39, 0.29) is 11.6 Å². The van der Waals surface area contributed by atoms with Crippen molar-refractivity contribution in [2.24, 2.45) is 0 Å². The van der Waals surface area contributed by atoms with Gasteiger partial charge in [-0.15, -0.1) is 0 Å². The number of halogens is 2. The van der Waals surface area contributed by atoms with Crippen molar-refractivity contribution in [3.05, 3.63) is 131 Å². The van der Waals surface area contributed by atoms with Gasteiger partial charge in [0.05, 0.1) is 0 Å². The summed E-state index contributed by atoms with van der Waals surface area (Å²) in [6.07, 6.45) is 0. The van der Waals surface area contributed by atoms with Gasteiger partial charge in [0.2, 0.25) is 0 Å². The van der Waals surface area contributed by atoms with E-state index < -0.39 is 0 Å². The Morgan fingerprint density at radius 3 is 1.33 bits per heavy atom. The summed E-state index contributed by atoms with van der Waals surface area (Å²) in [5.74, 6) is 0.973. The highest BCUT2D eigenvalue weighted by Gasteiger charge is 2.01. The minimum absolute atomic E-state index is 0.261. The molecule has 0 unspecified atom stereocenters.